The minimum Gasteiger partial charge on any atom is -0.508 e. The molecule has 1 amide bonds. The lowest BCUT2D eigenvalue weighted by Crippen LogP contribution is -2.16. The molecule has 0 radical (unpaired) electrons. The number of alkyl carbamates (subject to hydrolysis) is 1. The number of phenols is 1. The van der Waals surface area contributed by atoms with Crippen molar-refractivity contribution in [3.8, 4) is 5.75 Å². The molecule has 0 bridgehead atoms. The highest BCUT2D eigenvalue weighted by Gasteiger charge is 2.22. The number of benzene rings is 1. The summed E-state index contributed by atoms with van der Waals surface area (Å²) in [5, 5.41) is 11.8. The zero-order valence-electron chi connectivity index (χ0n) is 7.56. The summed E-state index contributed by atoms with van der Waals surface area (Å²) >= 11 is 0. The molecule has 0 spiro atoms. The lowest BCUT2D eigenvalue weighted by Gasteiger charge is -2.07. The molecule has 2 N–H and O–H groups in total. The third-order valence-corrected chi connectivity index (χ3v) is 2.12. The molecule has 1 aromatic rings. The molecular weight excluding hydrogens is 182 g/mol. The van der Waals surface area contributed by atoms with Crippen LogP contribution in [0, 0.1) is 0 Å². The summed E-state index contributed by atoms with van der Waals surface area (Å²) in [7, 11) is 0. The zero-order valence-corrected chi connectivity index (χ0v) is 7.56. The maximum Gasteiger partial charge on any atom is 0.407 e. The van der Waals surface area contributed by atoms with Gasteiger partial charge in [0, 0.05) is 6.42 Å². The second-order valence-corrected chi connectivity index (χ2v) is 3.28. The van der Waals surface area contributed by atoms with Crippen LogP contribution in [0.25, 0.3) is 0 Å². The van der Waals surface area contributed by atoms with Gasteiger partial charge in [-0.15, -0.1) is 0 Å². The SMILES string of the molecule is O=C1NCC(Cc2cccc(O)c2)O1. The smallest absolute Gasteiger partial charge is 0.407 e. The highest BCUT2D eigenvalue weighted by atomic mass is 16.6. The summed E-state index contributed by atoms with van der Waals surface area (Å²) in [6.07, 6.45) is 0.145. The van der Waals surface area contributed by atoms with Gasteiger partial charge in [-0.05, 0) is 17.7 Å². The number of hydrogen-bond acceptors (Lipinski definition) is 3. The number of aromatic hydroxyl groups is 1. The van der Waals surface area contributed by atoms with Gasteiger partial charge in [-0.3, -0.25) is 0 Å². The normalized spacial score (nSPS) is 20.3. The molecule has 1 fully saturated rings. The Morgan fingerprint density at radius 1 is 1.57 bits per heavy atom. The van der Waals surface area contributed by atoms with Gasteiger partial charge in [0.1, 0.15) is 11.9 Å². The van der Waals surface area contributed by atoms with E-state index in [1.165, 1.54) is 0 Å². The Morgan fingerprint density at radius 3 is 3.07 bits per heavy atom. The van der Waals surface area contributed by atoms with E-state index in [4.69, 9.17) is 4.74 Å². The third-order valence-electron chi connectivity index (χ3n) is 2.12. The number of carbonyl (C=O) groups is 1. The first-order chi connectivity index (χ1) is 6.74. The van der Waals surface area contributed by atoms with Gasteiger partial charge >= 0.3 is 6.09 Å². The quantitative estimate of drug-likeness (QED) is 0.737. The third kappa shape index (κ3) is 1.96. The van der Waals surface area contributed by atoms with E-state index >= 15 is 0 Å². The van der Waals surface area contributed by atoms with Crippen molar-refractivity contribution in [2.75, 3.05) is 6.54 Å². The van der Waals surface area contributed by atoms with E-state index in [9.17, 15) is 9.90 Å². The predicted molar refractivity (Wildman–Crippen MR) is 50.1 cm³/mol. The Labute approximate surface area is 81.5 Å². The molecule has 14 heavy (non-hydrogen) atoms. The minimum absolute atomic E-state index is 0.121. The average molecular weight is 193 g/mol. The zero-order chi connectivity index (χ0) is 9.97. The predicted octanol–water partition coefficient (Wildman–Crippen LogP) is 1.04. The second-order valence-electron chi connectivity index (χ2n) is 3.28. The van der Waals surface area contributed by atoms with Crippen LogP contribution in [0.15, 0.2) is 24.3 Å². The Balaban J connectivity index is 2.00. The van der Waals surface area contributed by atoms with Crippen molar-refractivity contribution in [1.29, 1.82) is 0 Å². The van der Waals surface area contributed by atoms with E-state index in [0.29, 0.717) is 13.0 Å². The van der Waals surface area contributed by atoms with Crippen LogP contribution in [0.4, 0.5) is 4.79 Å². The van der Waals surface area contributed by atoms with Crippen LogP contribution < -0.4 is 5.32 Å². The van der Waals surface area contributed by atoms with Crippen LogP contribution >= 0.6 is 0 Å². The van der Waals surface area contributed by atoms with Gasteiger partial charge in [-0.1, -0.05) is 12.1 Å². The van der Waals surface area contributed by atoms with Gasteiger partial charge in [-0.25, -0.2) is 4.79 Å². The van der Waals surface area contributed by atoms with Crippen molar-refractivity contribution in [2.45, 2.75) is 12.5 Å². The van der Waals surface area contributed by atoms with Crippen LogP contribution in [-0.2, 0) is 11.2 Å². The van der Waals surface area contributed by atoms with Gasteiger partial charge in [0.25, 0.3) is 0 Å². The fourth-order valence-electron chi connectivity index (χ4n) is 1.49. The molecule has 4 nitrogen and oxygen atoms in total. The second kappa shape index (κ2) is 3.57. The molecule has 1 saturated heterocycles. The summed E-state index contributed by atoms with van der Waals surface area (Å²) in [4.78, 5) is 10.7. The van der Waals surface area contributed by atoms with Crippen LogP contribution in [0.1, 0.15) is 5.56 Å². The molecule has 0 aromatic heterocycles. The Morgan fingerprint density at radius 2 is 2.43 bits per heavy atom. The van der Waals surface area contributed by atoms with Crippen molar-refractivity contribution in [3.63, 3.8) is 0 Å². The lowest BCUT2D eigenvalue weighted by atomic mass is 10.1. The van der Waals surface area contributed by atoms with Gasteiger partial charge in [-0.2, -0.15) is 0 Å². The van der Waals surface area contributed by atoms with Crippen molar-refractivity contribution in [2.24, 2.45) is 0 Å². The van der Waals surface area contributed by atoms with Crippen LogP contribution in [0.5, 0.6) is 5.75 Å². The largest absolute Gasteiger partial charge is 0.508 e. The Bertz CT molecular complexity index is 351. The van der Waals surface area contributed by atoms with E-state index in [1.54, 1.807) is 18.2 Å². The standard InChI is InChI=1S/C10H11NO3/c12-8-3-1-2-7(4-8)5-9-6-11-10(13)14-9/h1-4,9,12H,5-6H2,(H,11,13). The molecule has 1 atom stereocenters. The Kier molecular flexibility index (Phi) is 2.26. The average Bonchev–Trinajstić information content (AvgIpc) is 2.51. The number of hydrogen-bond donors (Lipinski definition) is 2. The van der Waals surface area contributed by atoms with Gasteiger partial charge < -0.3 is 15.2 Å². The molecule has 74 valence electrons. The highest BCUT2D eigenvalue weighted by Crippen LogP contribution is 2.14. The fraction of sp³-hybridized carbons (Fsp3) is 0.300. The maximum absolute atomic E-state index is 10.7. The summed E-state index contributed by atoms with van der Waals surface area (Å²) in [5.74, 6) is 0.236. The first kappa shape index (κ1) is 8.87. The van der Waals surface area contributed by atoms with Gasteiger partial charge in [0.2, 0.25) is 0 Å². The van der Waals surface area contributed by atoms with Crippen LogP contribution in [0.3, 0.4) is 0 Å². The van der Waals surface area contributed by atoms with Gasteiger partial charge in [0.15, 0.2) is 0 Å². The van der Waals surface area contributed by atoms with E-state index < -0.39 is 0 Å². The van der Waals surface area contributed by atoms with E-state index in [1.807, 2.05) is 6.07 Å². The van der Waals surface area contributed by atoms with Crippen LogP contribution in [0.2, 0.25) is 0 Å². The van der Waals surface area contributed by atoms with Crippen molar-refractivity contribution >= 4 is 6.09 Å². The first-order valence-electron chi connectivity index (χ1n) is 4.46. The molecular formula is C10H11NO3. The number of cyclic esters (lactones) is 1. The van der Waals surface area contributed by atoms with Crippen molar-refractivity contribution in [3.05, 3.63) is 29.8 Å². The summed E-state index contributed by atoms with van der Waals surface area (Å²) in [6, 6.07) is 6.95. The van der Waals surface area contributed by atoms with E-state index in [0.717, 1.165) is 5.56 Å². The van der Waals surface area contributed by atoms with Gasteiger partial charge in [0.05, 0.1) is 6.54 Å². The summed E-state index contributed by atoms with van der Waals surface area (Å²) in [5.41, 5.74) is 0.964. The molecule has 1 aromatic carbocycles. The molecule has 2 rings (SSSR count). The number of nitrogens with one attached hydrogen (secondary N) is 1. The Hall–Kier alpha value is -1.71. The topological polar surface area (TPSA) is 58.6 Å². The maximum atomic E-state index is 10.7. The molecule has 1 aliphatic rings. The number of amides is 1. The molecule has 1 aliphatic heterocycles. The molecule has 1 heterocycles. The minimum atomic E-state index is -0.366. The molecule has 1 unspecified atom stereocenters. The van der Waals surface area contributed by atoms with Crippen molar-refractivity contribution in [1.82, 2.24) is 5.32 Å². The molecule has 0 saturated carbocycles. The lowest BCUT2D eigenvalue weighted by molar-refractivity contribution is 0.140. The number of ether oxygens (including phenoxy) is 1. The summed E-state index contributed by atoms with van der Waals surface area (Å²) < 4.78 is 4.97. The van der Waals surface area contributed by atoms with E-state index in [2.05, 4.69) is 5.32 Å². The van der Waals surface area contributed by atoms with E-state index in [-0.39, 0.29) is 17.9 Å². The summed E-state index contributed by atoms with van der Waals surface area (Å²) in [6.45, 7) is 0.536. The molecule has 4 heteroatoms. The number of phenolic OH excluding ortho intramolecular Hbond substituents is 1. The monoisotopic (exact) mass is 193 g/mol. The number of carbonyl (C=O) groups excluding carboxylic acids is 1. The van der Waals surface area contributed by atoms with Crippen LogP contribution in [-0.4, -0.2) is 23.8 Å². The van der Waals surface area contributed by atoms with Crippen molar-refractivity contribution < 1.29 is 14.6 Å². The molecule has 0 aliphatic carbocycles. The first-order valence-corrected chi connectivity index (χ1v) is 4.46. The fourth-order valence-corrected chi connectivity index (χ4v) is 1.49. The number of rotatable bonds is 2. The highest BCUT2D eigenvalue weighted by molar-refractivity contribution is 5.69.